The topological polar surface area (TPSA) is 44.5 Å². The van der Waals surface area contributed by atoms with Crippen molar-refractivity contribution in [3.8, 4) is 11.5 Å². The molecule has 4 heteroatoms. The Kier molecular flexibility index (Phi) is 3.60. The van der Waals surface area contributed by atoms with Crippen molar-refractivity contribution >= 4 is 15.9 Å². The molecule has 1 aromatic rings. The van der Waals surface area contributed by atoms with Crippen molar-refractivity contribution in [2.75, 3.05) is 6.79 Å². The van der Waals surface area contributed by atoms with Crippen LogP contribution in [0.25, 0.3) is 0 Å². The minimum atomic E-state index is -0.239. The number of ether oxygens (including phenoxy) is 2. The van der Waals surface area contributed by atoms with Crippen LogP contribution in [0.1, 0.15) is 44.7 Å². The predicted molar refractivity (Wildman–Crippen MR) is 76.3 cm³/mol. The molecule has 1 aromatic carbocycles. The summed E-state index contributed by atoms with van der Waals surface area (Å²) in [5.74, 6) is 2.07. The van der Waals surface area contributed by atoms with E-state index in [9.17, 15) is 0 Å². The molecule has 3 nitrogen and oxygen atoms in total. The van der Waals surface area contributed by atoms with Crippen LogP contribution in [-0.2, 0) is 6.42 Å². The van der Waals surface area contributed by atoms with Crippen LogP contribution in [0.5, 0.6) is 11.5 Å². The predicted octanol–water partition coefficient (Wildman–Crippen LogP) is 3.58. The summed E-state index contributed by atoms with van der Waals surface area (Å²) < 4.78 is 12.1. The standard InChI is InChI=1S/C14H20BrNO2/c1-8(2)11-9(6-14(3,4)16)5-10(15)12-13(11)18-7-17-12/h5,8H,6-7,16H2,1-4H3. The lowest BCUT2D eigenvalue weighted by Crippen LogP contribution is -2.34. The van der Waals surface area contributed by atoms with E-state index in [1.54, 1.807) is 0 Å². The second-order valence-corrected chi connectivity index (χ2v) is 6.67. The maximum absolute atomic E-state index is 6.14. The van der Waals surface area contributed by atoms with E-state index < -0.39 is 0 Å². The second kappa shape index (κ2) is 4.74. The third kappa shape index (κ3) is 2.64. The van der Waals surface area contributed by atoms with E-state index in [4.69, 9.17) is 15.2 Å². The Hall–Kier alpha value is -0.740. The monoisotopic (exact) mass is 313 g/mol. The van der Waals surface area contributed by atoms with Gasteiger partial charge in [-0.2, -0.15) is 0 Å². The third-order valence-corrected chi connectivity index (χ3v) is 3.53. The Morgan fingerprint density at radius 1 is 1.33 bits per heavy atom. The van der Waals surface area contributed by atoms with Gasteiger partial charge in [-0.1, -0.05) is 13.8 Å². The molecule has 1 aliphatic heterocycles. The van der Waals surface area contributed by atoms with Gasteiger partial charge in [-0.3, -0.25) is 0 Å². The Bertz CT molecular complexity index is 464. The van der Waals surface area contributed by atoms with Gasteiger partial charge in [-0.05, 0) is 53.7 Å². The van der Waals surface area contributed by atoms with Gasteiger partial charge in [0, 0.05) is 11.1 Å². The highest BCUT2D eigenvalue weighted by molar-refractivity contribution is 9.10. The summed E-state index contributed by atoms with van der Waals surface area (Å²) in [4.78, 5) is 0. The molecule has 0 spiro atoms. The van der Waals surface area contributed by atoms with Crippen molar-refractivity contribution < 1.29 is 9.47 Å². The molecule has 18 heavy (non-hydrogen) atoms. The quantitative estimate of drug-likeness (QED) is 0.927. The highest BCUT2D eigenvalue weighted by Crippen LogP contribution is 2.46. The first-order valence-electron chi connectivity index (χ1n) is 6.19. The third-order valence-electron chi connectivity index (χ3n) is 2.94. The van der Waals surface area contributed by atoms with E-state index in [-0.39, 0.29) is 5.54 Å². The summed E-state index contributed by atoms with van der Waals surface area (Å²) in [7, 11) is 0. The molecule has 0 amide bonds. The number of halogens is 1. The van der Waals surface area contributed by atoms with Gasteiger partial charge in [0.05, 0.1) is 4.47 Å². The fourth-order valence-corrected chi connectivity index (χ4v) is 2.94. The lowest BCUT2D eigenvalue weighted by Gasteiger charge is -2.23. The number of hydrogen-bond donors (Lipinski definition) is 1. The highest BCUT2D eigenvalue weighted by atomic mass is 79.9. The molecule has 0 aromatic heterocycles. The van der Waals surface area contributed by atoms with E-state index in [0.29, 0.717) is 12.7 Å². The van der Waals surface area contributed by atoms with Crippen LogP contribution in [0.4, 0.5) is 0 Å². The summed E-state index contributed by atoms with van der Waals surface area (Å²) in [5.41, 5.74) is 8.35. The molecular formula is C14H20BrNO2. The molecule has 0 fully saturated rings. The van der Waals surface area contributed by atoms with Crippen LogP contribution in [0, 0.1) is 0 Å². The maximum atomic E-state index is 6.14. The van der Waals surface area contributed by atoms with Crippen molar-refractivity contribution in [1.29, 1.82) is 0 Å². The molecular weight excluding hydrogens is 294 g/mol. The van der Waals surface area contributed by atoms with Crippen molar-refractivity contribution in [3.63, 3.8) is 0 Å². The molecule has 0 saturated carbocycles. The average molecular weight is 314 g/mol. The van der Waals surface area contributed by atoms with Gasteiger partial charge in [0.15, 0.2) is 11.5 Å². The zero-order valence-electron chi connectivity index (χ0n) is 11.3. The van der Waals surface area contributed by atoms with Gasteiger partial charge in [0.2, 0.25) is 6.79 Å². The van der Waals surface area contributed by atoms with Crippen LogP contribution in [-0.4, -0.2) is 12.3 Å². The van der Waals surface area contributed by atoms with E-state index in [1.165, 1.54) is 11.1 Å². The average Bonchev–Trinajstić information content (AvgIpc) is 2.63. The molecule has 1 heterocycles. The molecule has 0 unspecified atom stereocenters. The maximum Gasteiger partial charge on any atom is 0.231 e. The molecule has 2 N–H and O–H groups in total. The molecule has 100 valence electrons. The fraction of sp³-hybridized carbons (Fsp3) is 0.571. The van der Waals surface area contributed by atoms with Crippen LogP contribution in [0.15, 0.2) is 10.5 Å². The normalized spacial score (nSPS) is 14.4. The van der Waals surface area contributed by atoms with E-state index in [1.807, 2.05) is 13.8 Å². The molecule has 1 aliphatic rings. The molecule has 0 aliphatic carbocycles. The van der Waals surface area contributed by atoms with Crippen LogP contribution >= 0.6 is 15.9 Å². The van der Waals surface area contributed by atoms with Gasteiger partial charge in [-0.15, -0.1) is 0 Å². The van der Waals surface area contributed by atoms with E-state index >= 15 is 0 Å². The summed E-state index contributed by atoms with van der Waals surface area (Å²) in [6.07, 6.45) is 0.815. The number of benzene rings is 1. The Morgan fingerprint density at radius 3 is 2.50 bits per heavy atom. The van der Waals surface area contributed by atoms with Crippen molar-refractivity contribution in [3.05, 3.63) is 21.7 Å². The van der Waals surface area contributed by atoms with Crippen LogP contribution in [0.2, 0.25) is 0 Å². The van der Waals surface area contributed by atoms with Crippen molar-refractivity contribution in [2.45, 2.75) is 45.6 Å². The number of rotatable bonds is 3. The largest absolute Gasteiger partial charge is 0.453 e. The van der Waals surface area contributed by atoms with Gasteiger partial charge >= 0.3 is 0 Å². The molecule has 0 saturated heterocycles. The van der Waals surface area contributed by atoms with E-state index in [2.05, 4.69) is 35.8 Å². The zero-order valence-corrected chi connectivity index (χ0v) is 12.9. The summed E-state index contributed by atoms with van der Waals surface area (Å²) in [5, 5.41) is 0. The Morgan fingerprint density at radius 2 is 1.94 bits per heavy atom. The van der Waals surface area contributed by atoms with Gasteiger partial charge < -0.3 is 15.2 Å². The van der Waals surface area contributed by atoms with Gasteiger partial charge in [0.25, 0.3) is 0 Å². The minimum absolute atomic E-state index is 0.239. The molecule has 2 rings (SSSR count). The lowest BCUT2D eigenvalue weighted by atomic mass is 9.88. The zero-order chi connectivity index (χ0) is 13.5. The van der Waals surface area contributed by atoms with Gasteiger partial charge in [0.1, 0.15) is 0 Å². The van der Waals surface area contributed by atoms with Crippen LogP contribution in [0.3, 0.4) is 0 Å². The molecule has 0 radical (unpaired) electrons. The first kappa shape index (κ1) is 13.7. The smallest absolute Gasteiger partial charge is 0.231 e. The first-order valence-corrected chi connectivity index (χ1v) is 6.98. The number of nitrogens with two attached hydrogens (primary N) is 1. The second-order valence-electron chi connectivity index (χ2n) is 5.82. The SMILES string of the molecule is CC(C)c1c(CC(C)(C)N)cc(Br)c2c1OCO2. The Balaban J connectivity index is 2.55. The minimum Gasteiger partial charge on any atom is -0.453 e. The summed E-state index contributed by atoms with van der Waals surface area (Å²) in [6, 6.07) is 2.11. The Labute approximate surface area is 117 Å². The lowest BCUT2D eigenvalue weighted by molar-refractivity contribution is 0.172. The fourth-order valence-electron chi connectivity index (χ4n) is 2.37. The summed E-state index contributed by atoms with van der Waals surface area (Å²) in [6.45, 7) is 8.70. The number of fused-ring (bicyclic) bond motifs is 1. The van der Waals surface area contributed by atoms with Crippen molar-refractivity contribution in [2.24, 2.45) is 5.73 Å². The van der Waals surface area contributed by atoms with Crippen LogP contribution < -0.4 is 15.2 Å². The van der Waals surface area contributed by atoms with Gasteiger partial charge in [-0.25, -0.2) is 0 Å². The van der Waals surface area contributed by atoms with Crippen molar-refractivity contribution in [1.82, 2.24) is 0 Å². The highest BCUT2D eigenvalue weighted by Gasteiger charge is 2.27. The first-order chi connectivity index (χ1) is 8.29. The number of hydrogen-bond acceptors (Lipinski definition) is 3. The van der Waals surface area contributed by atoms with E-state index in [0.717, 1.165) is 22.4 Å². The summed E-state index contributed by atoms with van der Waals surface area (Å²) >= 11 is 3.54. The molecule has 0 bridgehead atoms. The molecule has 0 atom stereocenters.